The Bertz CT molecular complexity index is 850. The third-order valence-electron chi connectivity index (χ3n) is 5.58. The summed E-state index contributed by atoms with van der Waals surface area (Å²) in [5, 5.41) is 21.7. The van der Waals surface area contributed by atoms with Crippen molar-refractivity contribution >= 4 is 12.1 Å². The number of rotatable bonds is 4. The molecule has 2 aliphatic rings. The van der Waals surface area contributed by atoms with Gasteiger partial charge in [-0.25, -0.2) is 9.59 Å². The lowest BCUT2D eigenvalue weighted by molar-refractivity contribution is -0.144. The van der Waals surface area contributed by atoms with E-state index >= 15 is 0 Å². The summed E-state index contributed by atoms with van der Waals surface area (Å²) in [5.74, 6) is -1.23. The zero-order valence-electron chi connectivity index (χ0n) is 14.7. The van der Waals surface area contributed by atoms with E-state index in [1.54, 1.807) is 0 Å². The lowest BCUT2D eigenvalue weighted by Gasteiger charge is -2.25. The lowest BCUT2D eigenvalue weighted by Crippen LogP contribution is -2.53. The minimum atomic E-state index is -1.46. The van der Waals surface area contributed by atoms with Crippen molar-refractivity contribution < 1.29 is 24.5 Å². The highest BCUT2D eigenvalue weighted by Gasteiger charge is 2.47. The van der Waals surface area contributed by atoms with Crippen LogP contribution < -0.4 is 5.32 Å². The van der Waals surface area contributed by atoms with Crippen LogP contribution in [0.5, 0.6) is 0 Å². The van der Waals surface area contributed by atoms with Gasteiger partial charge in [-0.05, 0) is 35.1 Å². The van der Waals surface area contributed by atoms with E-state index in [-0.39, 0.29) is 25.4 Å². The number of aliphatic hydroxyl groups excluding tert-OH is 1. The molecule has 1 amide bonds. The number of aliphatic carboxylic acids is 1. The van der Waals surface area contributed by atoms with Gasteiger partial charge in [-0.2, -0.15) is 0 Å². The average Bonchev–Trinajstić information content (AvgIpc) is 3.19. The molecule has 0 aliphatic heterocycles. The Morgan fingerprint density at radius 1 is 1.07 bits per heavy atom. The van der Waals surface area contributed by atoms with Crippen LogP contribution in [0.2, 0.25) is 0 Å². The largest absolute Gasteiger partial charge is 0.480 e. The maximum absolute atomic E-state index is 12.3. The summed E-state index contributed by atoms with van der Waals surface area (Å²) in [6, 6.07) is 16.0. The molecule has 2 atom stereocenters. The van der Waals surface area contributed by atoms with Gasteiger partial charge in [0.25, 0.3) is 0 Å². The normalized spacial score (nSPS) is 23.5. The summed E-state index contributed by atoms with van der Waals surface area (Å²) >= 11 is 0. The van der Waals surface area contributed by atoms with E-state index in [1.807, 2.05) is 48.5 Å². The van der Waals surface area contributed by atoms with Gasteiger partial charge in [0.05, 0.1) is 6.10 Å². The SMILES string of the molecule is O=C(N[C@@]1(C(=O)O)CC[C@H](O)C1)OCC1c2ccccc2-c2ccccc21. The standard InChI is InChI=1S/C21H21NO5/c23-13-9-10-21(11-13,19(24)25)22-20(26)27-12-18-16-7-3-1-5-14(16)15-6-2-4-8-17(15)18/h1-8,13,18,23H,9-12H2,(H,22,26)(H,24,25)/t13-,21-/m0/s1. The van der Waals surface area contributed by atoms with Crippen molar-refractivity contribution in [1.29, 1.82) is 0 Å². The van der Waals surface area contributed by atoms with Crippen LogP contribution >= 0.6 is 0 Å². The summed E-state index contributed by atoms with van der Waals surface area (Å²) in [5.41, 5.74) is 2.99. The van der Waals surface area contributed by atoms with Crippen molar-refractivity contribution in [2.45, 2.75) is 36.8 Å². The van der Waals surface area contributed by atoms with Crippen molar-refractivity contribution in [2.75, 3.05) is 6.61 Å². The van der Waals surface area contributed by atoms with Gasteiger partial charge in [0.1, 0.15) is 12.1 Å². The van der Waals surface area contributed by atoms with Crippen molar-refractivity contribution in [2.24, 2.45) is 0 Å². The molecule has 0 aromatic heterocycles. The number of carboxylic acid groups (broad SMARTS) is 1. The number of fused-ring (bicyclic) bond motifs is 3. The molecule has 140 valence electrons. The van der Waals surface area contributed by atoms with Gasteiger partial charge in [0, 0.05) is 12.3 Å². The molecular weight excluding hydrogens is 346 g/mol. The molecule has 1 fully saturated rings. The minimum Gasteiger partial charge on any atom is -0.480 e. The van der Waals surface area contributed by atoms with Gasteiger partial charge in [-0.3, -0.25) is 0 Å². The summed E-state index contributed by atoms with van der Waals surface area (Å²) in [6.07, 6.45) is -0.973. The van der Waals surface area contributed by atoms with Crippen molar-refractivity contribution in [3.63, 3.8) is 0 Å². The van der Waals surface area contributed by atoms with E-state index in [4.69, 9.17) is 4.74 Å². The lowest BCUT2D eigenvalue weighted by atomic mass is 9.97. The number of carboxylic acids is 1. The molecule has 0 saturated heterocycles. The number of hydrogen-bond donors (Lipinski definition) is 3. The van der Waals surface area contributed by atoms with Crippen LogP contribution in [0.3, 0.4) is 0 Å². The van der Waals surface area contributed by atoms with Crippen molar-refractivity contribution in [3.8, 4) is 11.1 Å². The molecular formula is C21H21NO5. The predicted octanol–water partition coefficient (Wildman–Crippen LogP) is 2.89. The third-order valence-corrected chi connectivity index (χ3v) is 5.58. The number of nitrogens with one attached hydrogen (secondary N) is 1. The first-order valence-electron chi connectivity index (χ1n) is 9.05. The number of amides is 1. The second kappa shape index (κ2) is 6.70. The van der Waals surface area contributed by atoms with Crippen LogP contribution in [-0.4, -0.2) is 40.5 Å². The highest BCUT2D eigenvalue weighted by Crippen LogP contribution is 2.44. The van der Waals surface area contributed by atoms with Crippen LogP contribution in [-0.2, 0) is 9.53 Å². The molecule has 6 heteroatoms. The molecule has 0 unspecified atom stereocenters. The fraction of sp³-hybridized carbons (Fsp3) is 0.333. The molecule has 2 aromatic rings. The number of benzene rings is 2. The summed E-state index contributed by atoms with van der Waals surface area (Å²) in [7, 11) is 0. The zero-order valence-corrected chi connectivity index (χ0v) is 14.7. The van der Waals surface area contributed by atoms with Crippen LogP contribution in [0.15, 0.2) is 48.5 Å². The molecule has 1 saturated carbocycles. The highest BCUT2D eigenvalue weighted by molar-refractivity contribution is 5.85. The monoisotopic (exact) mass is 367 g/mol. The molecule has 6 nitrogen and oxygen atoms in total. The number of aliphatic hydroxyl groups is 1. The van der Waals surface area contributed by atoms with Crippen LogP contribution in [0.4, 0.5) is 4.79 Å². The van der Waals surface area contributed by atoms with Crippen LogP contribution in [0.1, 0.15) is 36.3 Å². The molecule has 27 heavy (non-hydrogen) atoms. The molecule has 2 aliphatic carbocycles. The number of ether oxygens (including phenoxy) is 1. The Morgan fingerprint density at radius 2 is 1.67 bits per heavy atom. The van der Waals surface area contributed by atoms with E-state index in [0.717, 1.165) is 22.3 Å². The predicted molar refractivity (Wildman–Crippen MR) is 98.4 cm³/mol. The van der Waals surface area contributed by atoms with E-state index < -0.39 is 23.7 Å². The summed E-state index contributed by atoms with van der Waals surface area (Å²) in [4.78, 5) is 23.9. The molecule has 0 radical (unpaired) electrons. The van der Waals surface area contributed by atoms with Gasteiger partial charge in [0.15, 0.2) is 0 Å². The average molecular weight is 367 g/mol. The fourth-order valence-electron chi connectivity index (χ4n) is 4.21. The highest BCUT2D eigenvalue weighted by atomic mass is 16.5. The first kappa shape index (κ1) is 17.5. The smallest absolute Gasteiger partial charge is 0.408 e. The van der Waals surface area contributed by atoms with Crippen LogP contribution in [0, 0.1) is 0 Å². The number of carbonyl (C=O) groups is 2. The maximum Gasteiger partial charge on any atom is 0.408 e. The topological polar surface area (TPSA) is 95.9 Å². The van der Waals surface area contributed by atoms with Gasteiger partial charge in [-0.1, -0.05) is 48.5 Å². The molecule has 3 N–H and O–H groups in total. The van der Waals surface area contributed by atoms with Crippen molar-refractivity contribution in [3.05, 3.63) is 59.7 Å². The Morgan fingerprint density at radius 3 is 2.19 bits per heavy atom. The van der Waals surface area contributed by atoms with E-state index in [1.165, 1.54) is 0 Å². The first-order valence-corrected chi connectivity index (χ1v) is 9.05. The molecule has 4 rings (SSSR count). The second-order valence-corrected chi connectivity index (χ2v) is 7.23. The summed E-state index contributed by atoms with van der Waals surface area (Å²) in [6.45, 7) is 0.123. The van der Waals surface area contributed by atoms with Gasteiger partial charge in [0.2, 0.25) is 0 Å². The first-order chi connectivity index (χ1) is 13.0. The molecule has 0 bridgehead atoms. The van der Waals surface area contributed by atoms with Gasteiger partial charge >= 0.3 is 12.1 Å². The number of carbonyl (C=O) groups excluding carboxylic acids is 1. The maximum atomic E-state index is 12.3. The fourth-order valence-corrected chi connectivity index (χ4v) is 4.21. The molecule has 2 aromatic carbocycles. The molecule has 0 spiro atoms. The number of hydrogen-bond acceptors (Lipinski definition) is 4. The Labute approximate surface area is 156 Å². The Hall–Kier alpha value is -2.86. The third kappa shape index (κ3) is 3.06. The van der Waals surface area contributed by atoms with Gasteiger partial charge in [-0.15, -0.1) is 0 Å². The number of alkyl carbamates (subject to hydrolysis) is 1. The molecule has 0 heterocycles. The minimum absolute atomic E-state index is 0.00741. The van der Waals surface area contributed by atoms with E-state index in [2.05, 4.69) is 5.32 Å². The van der Waals surface area contributed by atoms with E-state index in [0.29, 0.717) is 6.42 Å². The Kier molecular flexibility index (Phi) is 4.36. The van der Waals surface area contributed by atoms with Gasteiger partial charge < -0.3 is 20.3 Å². The quantitative estimate of drug-likeness (QED) is 0.772. The van der Waals surface area contributed by atoms with Crippen LogP contribution in [0.25, 0.3) is 11.1 Å². The van der Waals surface area contributed by atoms with Crippen molar-refractivity contribution in [1.82, 2.24) is 5.32 Å². The Balaban J connectivity index is 1.49. The zero-order chi connectivity index (χ0) is 19.0. The van der Waals surface area contributed by atoms with E-state index in [9.17, 15) is 19.8 Å². The summed E-state index contributed by atoms with van der Waals surface area (Å²) < 4.78 is 5.42. The second-order valence-electron chi connectivity index (χ2n) is 7.23.